The third-order valence-corrected chi connectivity index (χ3v) is 3.92. The Labute approximate surface area is 124 Å². The SMILES string of the molecule is CC(C(=O)Nc1ccc(NS(C)(=O)=O)c(C)c1)=C1CNC1. The van der Waals surface area contributed by atoms with Gasteiger partial charge < -0.3 is 10.6 Å². The van der Waals surface area contributed by atoms with Crippen molar-refractivity contribution in [3.63, 3.8) is 0 Å². The molecule has 1 aromatic carbocycles. The lowest BCUT2D eigenvalue weighted by molar-refractivity contribution is -0.112. The quantitative estimate of drug-likeness (QED) is 0.730. The van der Waals surface area contributed by atoms with E-state index in [1.54, 1.807) is 32.0 Å². The van der Waals surface area contributed by atoms with Crippen LogP contribution in [0.4, 0.5) is 11.4 Å². The van der Waals surface area contributed by atoms with Gasteiger partial charge >= 0.3 is 0 Å². The van der Waals surface area contributed by atoms with Crippen LogP contribution < -0.4 is 15.4 Å². The lowest BCUT2D eigenvalue weighted by Crippen LogP contribution is -2.36. The monoisotopic (exact) mass is 309 g/mol. The van der Waals surface area contributed by atoms with Crippen molar-refractivity contribution in [2.45, 2.75) is 13.8 Å². The summed E-state index contributed by atoms with van der Waals surface area (Å²) in [7, 11) is -3.31. The molecule has 1 aliphatic rings. The third-order valence-electron chi connectivity index (χ3n) is 3.33. The summed E-state index contributed by atoms with van der Waals surface area (Å²) in [6.07, 6.45) is 1.10. The van der Waals surface area contributed by atoms with Gasteiger partial charge in [-0.05, 0) is 43.2 Å². The number of amides is 1. The van der Waals surface area contributed by atoms with Crippen molar-refractivity contribution in [2.75, 3.05) is 29.4 Å². The van der Waals surface area contributed by atoms with E-state index >= 15 is 0 Å². The number of nitrogens with one attached hydrogen (secondary N) is 3. The molecule has 2 rings (SSSR count). The van der Waals surface area contributed by atoms with Crippen LogP contribution in [-0.4, -0.2) is 33.7 Å². The largest absolute Gasteiger partial charge is 0.322 e. The van der Waals surface area contributed by atoms with Crippen molar-refractivity contribution < 1.29 is 13.2 Å². The van der Waals surface area contributed by atoms with Crippen LogP contribution in [0.3, 0.4) is 0 Å². The van der Waals surface area contributed by atoms with Crippen LogP contribution >= 0.6 is 0 Å². The van der Waals surface area contributed by atoms with Gasteiger partial charge in [0.1, 0.15) is 0 Å². The van der Waals surface area contributed by atoms with E-state index in [1.807, 2.05) is 0 Å². The molecule has 1 amide bonds. The first-order valence-electron chi connectivity index (χ1n) is 6.55. The van der Waals surface area contributed by atoms with Crippen LogP contribution in [0.5, 0.6) is 0 Å². The van der Waals surface area contributed by atoms with Gasteiger partial charge in [-0.2, -0.15) is 0 Å². The molecule has 0 spiro atoms. The summed E-state index contributed by atoms with van der Waals surface area (Å²) >= 11 is 0. The Kier molecular flexibility index (Phi) is 4.34. The first-order valence-corrected chi connectivity index (χ1v) is 8.44. The Hall–Kier alpha value is -1.86. The normalized spacial score (nSPS) is 14.3. The van der Waals surface area contributed by atoms with Gasteiger partial charge in [0, 0.05) is 24.4 Å². The van der Waals surface area contributed by atoms with E-state index in [2.05, 4.69) is 15.4 Å². The second-order valence-electron chi connectivity index (χ2n) is 5.19. The van der Waals surface area contributed by atoms with E-state index < -0.39 is 10.0 Å². The van der Waals surface area contributed by atoms with E-state index in [-0.39, 0.29) is 5.91 Å². The zero-order chi connectivity index (χ0) is 15.6. The number of hydrogen-bond acceptors (Lipinski definition) is 4. The molecule has 1 aromatic rings. The number of carbonyl (C=O) groups is 1. The van der Waals surface area contributed by atoms with Crippen molar-refractivity contribution in [1.82, 2.24) is 5.32 Å². The molecule has 21 heavy (non-hydrogen) atoms. The summed E-state index contributed by atoms with van der Waals surface area (Å²) in [5.74, 6) is -0.130. The summed E-state index contributed by atoms with van der Waals surface area (Å²) < 4.78 is 24.9. The number of aryl methyl sites for hydroxylation is 1. The molecule has 0 atom stereocenters. The van der Waals surface area contributed by atoms with Crippen molar-refractivity contribution in [1.29, 1.82) is 0 Å². The van der Waals surface area contributed by atoms with Gasteiger partial charge in [0.2, 0.25) is 10.0 Å². The Balaban J connectivity index is 2.12. The first kappa shape index (κ1) is 15.5. The zero-order valence-corrected chi connectivity index (χ0v) is 13.1. The van der Waals surface area contributed by atoms with E-state index in [0.717, 1.165) is 36.1 Å². The molecule has 6 nitrogen and oxygen atoms in total. The standard InChI is InChI=1S/C14H19N3O3S/c1-9-6-12(4-5-13(9)17-21(3,19)20)16-14(18)10(2)11-7-15-8-11/h4-6,15,17H,7-8H2,1-3H3,(H,16,18). The van der Waals surface area contributed by atoms with Gasteiger partial charge in [0.15, 0.2) is 0 Å². The lowest BCUT2D eigenvalue weighted by atomic mass is 10.0. The molecular formula is C14H19N3O3S. The molecule has 1 aliphatic heterocycles. The fourth-order valence-corrected chi connectivity index (χ4v) is 2.58. The van der Waals surface area contributed by atoms with Gasteiger partial charge in [-0.3, -0.25) is 9.52 Å². The van der Waals surface area contributed by atoms with Crippen LogP contribution in [0.1, 0.15) is 12.5 Å². The van der Waals surface area contributed by atoms with Crippen molar-refractivity contribution >= 4 is 27.3 Å². The van der Waals surface area contributed by atoms with Gasteiger partial charge in [-0.15, -0.1) is 0 Å². The number of anilines is 2. The minimum atomic E-state index is -3.31. The molecule has 0 unspecified atom stereocenters. The summed E-state index contributed by atoms with van der Waals surface area (Å²) in [6, 6.07) is 5.05. The van der Waals surface area contributed by atoms with Crippen LogP contribution in [0.15, 0.2) is 29.3 Å². The molecule has 0 bridgehead atoms. The number of hydrogen-bond donors (Lipinski definition) is 3. The van der Waals surface area contributed by atoms with Crippen molar-refractivity contribution in [3.05, 3.63) is 34.9 Å². The van der Waals surface area contributed by atoms with Crippen LogP contribution in [0.25, 0.3) is 0 Å². The molecular weight excluding hydrogens is 290 g/mol. The minimum Gasteiger partial charge on any atom is -0.322 e. The Bertz CT molecular complexity index is 702. The highest BCUT2D eigenvalue weighted by Gasteiger charge is 2.16. The molecule has 7 heteroatoms. The zero-order valence-electron chi connectivity index (χ0n) is 12.3. The number of carbonyl (C=O) groups excluding carboxylic acids is 1. The topological polar surface area (TPSA) is 87.3 Å². The summed E-state index contributed by atoms with van der Waals surface area (Å²) in [5, 5.41) is 5.92. The van der Waals surface area contributed by atoms with Gasteiger partial charge in [-0.1, -0.05) is 0 Å². The maximum Gasteiger partial charge on any atom is 0.251 e. The number of sulfonamides is 1. The van der Waals surface area contributed by atoms with Crippen LogP contribution in [0, 0.1) is 6.92 Å². The van der Waals surface area contributed by atoms with Crippen LogP contribution in [-0.2, 0) is 14.8 Å². The summed E-state index contributed by atoms with van der Waals surface area (Å²) in [4.78, 5) is 12.1. The van der Waals surface area contributed by atoms with E-state index in [1.165, 1.54) is 0 Å². The molecule has 114 valence electrons. The Morgan fingerprint density at radius 2 is 1.95 bits per heavy atom. The lowest BCUT2D eigenvalue weighted by Gasteiger charge is -2.21. The molecule has 0 radical (unpaired) electrons. The molecule has 1 heterocycles. The highest BCUT2D eigenvalue weighted by Crippen LogP contribution is 2.21. The fraction of sp³-hybridized carbons (Fsp3) is 0.357. The summed E-state index contributed by atoms with van der Waals surface area (Å²) in [5.41, 5.74) is 3.73. The first-order chi connectivity index (χ1) is 9.76. The molecule has 0 aliphatic carbocycles. The molecule has 0 saturated carbocycles. The highest BCUT2D eigenvalue weighted by atomic mass is 32.2. The highest BCUT2D eigenvalue weighted by molar-refractivity contribution is 7.92. The second-order valence-corrected chi connectivity index (χ2v) is 6.94. The second kappa shape index (κ2) is 5.87. The van der Waals surface area contributed by atoms with Gasteiger partial charge in [0.25, 0.3) is 5.91 Å². The number of rotatable bonds is 4. The molecule has 1 fully saturated rings. The molecule has 1 saturated heterocycles. The molecule has 0 aromatic heterocycles. The minimum absolute atomic E-state index is 0.130. The van der Waals surface area contributed by atoms with Gasteiger partial charge in [0.05, 0.1) is 11.9 Å². The third kappa shape index (κ3) is 4.05. The van der Waals surface area contributed by atoms with Crippen molar-refractivity contribution in [3.8, 4) is 0 Å². The molecule has 3 N–H and O–H groups in total. The van der Waals surface area contributed by atoms with E-state index in [9.17, 15) is 13.2 Å². The predicted octanol–water partition coefficient (Wildman–Crippen LogP) is 1.22. The average molecular weight is 309 g/mol. The Morgan fingerprint density at radius 1 is 1.29 bits per heavy atom. The van der Waals surface area contributed by atoms with Crippen LogP contribution in [0.2, 0.25) is 0 Å². The average Bonchev–Trinajstić information content (AvgIpc) is 2.29. The maximum absolute atomic E-state index is 12.1. The predicted molar refractivity (Wildman–Crippen MR) is 83.8 cm³/mol. The Morgan fingerprint density at radius 3 is 2.43 bits per heavy atom. The van der Waals surface area contributed by atoms with Crippen molar-refractivity contribution in [2.24, 2.45) is 0 Å². The maximum atomic E-state index is 12.1. The number of benzene rings is 1. The summed E-state index contributed by atoms with van der Waals surface area (Å²) in [6.45, 7) is 5.10. The fourth-order valence-electron chi connectivity index (χ4n) is 1.96. The van der Waals surface area contributed by atoms with Gasteiger partial charge in [-0.25, -0.2) is 8.42 Å². The smallest absolute Gasteiger partial charge is 0.251 e. The van der Waals surface area contributed by atoms with E-state index in [4.69, 9.17) is 0 Å². The van der Waals surface area contributed by atoms with E-state index in [0.29, 0.717) is 11.4 Å².